The van der Waals surface area contributed by atoms with E-state index in [9.17, 15) is 108 Å². The maximum atomic E-state index is 14.3. The van der Waals surface area contributed by atoms with Crippen LogP contribution in [0.5, 0.6) is 0 Å². The number of carboxylic acids is 8. The van der Waals surface area contributed by atoms with E-state index in [1.54, 1.807) is 37.4 Å². The lowest BCUT2D eigenvalue weighted by Crippen LogP contribution is -2.56. The van der Waals surface area contributed by atoms with Gasteiger partial charge in [-0.15, -0.1) is 0 Å². The molecule has 4 rings (SSSR count). The molecule has 0 spiro atoms. The predicted molar refractivity (Wildman–Crippen MR) is 378 cm³/mol. The summed E-state index contributed by atoms with van der Waals surface area (Å²) in [6.45, 7) is 5.71. The van der Waals surface area contributed by atoms with Gasteiger partial charge in [-0.1, -0.05) is 65.3 Å². The third-order valence-corrected chi connectivity index (χ3v) is 18.4. The van der Waals surface area contributed by atoms with E-state index in [2.05, 4.69) is 41.9 Å². The van der Waals surface area contributed by atoms with Crippen molar-refractivity contribution >= 4 is 83.2 Å². The molecule has 0 radical (unpaired) electrons. The Hall–Kier alpha value is -9.31. The average Bonchev–Trinajstić information content (AvgIpc) is 1.76. The van der Waals surface area contributed by atoms with Crippen molar-refractivity contribution in [3.63, 3.8) is 0 Å². The molecule has 2 aliphatic rings. The molecule has 6 amide bonds. The van der Waals surface area contributed by atoms with Crippen LogP contribution in [0.4, 0.5) is 0 Å². The number of hydrogen-bond acceptors (Lipinski definition) is 23. The number of nitrogens with one attached hydrogen (secondary N) is 7. The van der Waals surface area contributed by atoms with Crippen molar-refractivity contribution in [2.75, 3.05) is 151 Å². The van der Waals surface area contributed by atoms with Crippen LogP contribution >= 0.6 is 0 Å². The average molecular weight is 1500 g/mol. The summed E-state index contributed by atoms with van der Waals surface area (Å²) in [5, 5.41) is 95.9. The minimum Gasteiger partial charge on any atom is -0.480 e. The summed E-state index contributed by atoms with van der Waals surface area (Å²) in [6, 6.07) is 0.304. The van der Waals surface area contributed by atoms with E-state index in [1.807, 2.05) is 27.7 Å². The number of H-pyrrole nitrogens is 1. The Balaban J connectivity index is 1.56. The molecule has 106 heavy (non-hydrogen) atoms. The smallest absolute Gasteiger partial charge is 0.320 e. The second-order valence-corrected chi connectivity index (χ2v) is 27.3. The summed E-state index contributed by atoms with van der Waals surface area (Å²) < 4.78 is 0. The zero-order valence-electron chi connectivity index (χ0n) is 61.0. The number of hydrogen-bond donors (Lipinski definition) is 15. The highest BCUT2D eigenvalue weighted by atomic mass is 16.4. The van der Waals surface area contributed by atoms with Crippen LogP contribution in [0.2, 0.25) is 0 Å². The van der Waals surface area contributed by atoms with Crippen LogP contribution in [0.25, 0.3) is 0 Å². The van der Waals surface area contributed by atoms with Crippen molar-refractivity contribution in [3.05, 3.63) is 53.6 Å². The summed E-state index contributed by atoms with van der Waals surface area (Å²) in [5.41, 5.74) is 1.89. The van der Waals surface area contributed by atoms with Crippen LogP contribution < -0.4 is 31.9 Å². The molecule has 1 aromatic heterocycles. The summed E-state index contributed by atoms with van der Waals surface area (Å²) >= 11 is 0. The first-order valence-corrected chi connectivity index (χ1v) is 35.5. The van der Waals surface area contributed by atoms with E-state index in [1.165, 1.54) is 45.5 Å². The summed E-state index contributed by atoms with van der Waals surface area (Å²) in [7, 11) is 0. The molecule has 5 unspecified atom stereocenters. The van der Waals surface area contributed by atoms with Crippen LogP contribution in [0.3, 0.4) is 0 Å². The van der Waals surface area contributed by atoms with Gasteiger partial charge in [-0.05, 0) is 42.2 Å². The standard InChI is InChI=1S/C68H108N16O22/c1-6-45(4)62(76-63(99)46(5)32-49-35-69-43-73-49)66(102)75-50(31-44(2)3)64(100)71-33-47-7-9-48(10-8-47)34-72-65(101)51(74-55(86)14-12-53(68(105)106)84-29-25-81(41-60(95)96)21-17-78(38-57(89)90)18-22-82(26-30-84)42-61(97)98)36-70-54(85)13-11-52(67(103)104)83-27-23-79(39-58(91)92)19-15-77(37-56(87)88)16-20-80(24-28-83)40-59(93)94/h7-10,35,43-46,50-53,62H,6,11-34,36-42H2,1-5H3,(H,69,73)(H,70,85)(H,71,100)(H,72,101)(H,74,86)(H,75,102)(H,76,99)(H,87,88)(H,89,90)(H,91,92)(H,93,94)(H,95,96)(H,97,98)(H,103,104)(H,105,106)/t45?,46?,50?,51-,52?,53?,62-/m0/s1. The van der Waals surface area contributed by atoms with Crippen LogP contribution in [0.1, 0.15) is 90.0 Å². The molecule has 2 aliphatic heterocycles. The molecule has 2 aromatic rings. The SMILES string of the molecule is CCC(C)[C@H](NC(=O)C(C)Cc1cnc[nH]1)C(=O)NC(CC(C)C)C(=O)NCc1ccc(CNC(=O)[C@H](CNC(=O)CCC(C(=O)O)N2CCN(CC(=O)O)CCN(CC(=O)O)CCN(CC(=O)O)CC2)NC(=O)CCC(C(=O)O)N2CCN(CC(=O)O)CCN(CC(=O)O)CCN(CC(=O)O)CC2)cc1. The van der Waals surface area contributed by atoms with Crippen LogP contribution in [0, 0.1) is 17.8 Å². The molecule has 2 saturated heterocycles. The van der Waals surface area contributed by atoms with Crippen LogP contribution in [-0.2, 0) is 86.6 Å². The van der Waals surface area contributed by atoms with Gasteiger partial charge in [0.05, 0.1) is 45.6 Å². The molecule has 592 valence electrons. The first-order valence-electron chi connectivity index (χ1n) is 35.5. The van der Waals surface area contributed by atoms with Crippen LogP contribution in [0.15, 0.2) is 36.8 Å². The number of aromatic nitrogens is 2. The molecule has 2 fully saturated rings. The third kappa shape index (κ3) is 34.7. The molecule has 38 nitrogen and oxygen atoms in total. The highest BCUT2D eigenvalue weighted by molar-refractivity contribution is 5.93. The van der Waals surface area contributed by atoms with Gasteiger partial charge in [0.15, 0.2) is 0 Å². The van der Waals surface area contributed by atoms with Crippen molar-refractivity contribution < 1.29 is 108 Å². The van der Waals surface area contributed by atoms with Crippen molar-refractivity contribution in [2.24, 2.45) is 17.8 Å². The summed E-state index contributed by atoms with van der Waals surface area (Å²) in [4.78, 5) is 200. The normalized spacial score (nSPS) is 17.8. The molecule has 38 heteroatoms. The van der Waals surface area contributed by atoms with Crippen molar-refractivity contribution in [2.45, 2.75) is 123 Å². The Morgan fingerprint density at radius 2 is 0.802 bits per heavy atom. The number of aromatic amines is 1. The number of carboxylic acid groups (broad SMARTS) is 8. The van der Waals surface area contributed by atoms with Gasteiger partial charge in [0.25, 0.3) is 0 Å². The van der Waals surface area contributed by atoms with E-state index >= 15 is 0 Å². The second-order valence-electron chi connectivity index (χ2n) is 27.3. The summed E-state index contributed by atoms with van der Waals surface area (Å²) in [5.74, 6) is -14.6. The van der Waals surface area contributed by atoms with E-state index in [0.717, 1.165) is 5.69 Å². The van der Waals surface area contributed by atoms with Gasteiger partial charge in [0, 0.05) is 161 Å². The monoisotopic (exact) mass is 1500 g/mol. The number of amides is 6. The Labute approximate surface area is 614 Å². The van der Waals surface area contributed by atoms with Crippen molar-refractivity contribution in [3.8, 4) is 0 Å². The highest BCUT2D eigenvalue weighted by Crippen LogP contribution is 2.17. The molecule has 15 N–H and O–H groups in total. The Morgan fingerprint density at radius 3 is 1.13 bits per heavy atom. The molecule has 3 heterocycles. The van der Waals surface area contributed by atoms with Gasteiger partial charge in [0.2, 0.25) is 35.4 Å². The van der Waals surface area contributed by atoms with Gasteiger partial charge >= 0.3 is 47.8 Å². The zero-order valence-corrected chi connectivity index (χ0v) is 61.0. The summed E-state index contributed by atoms with van der Waals surface area (Å²) in [6.07, 6.45) is 2.49. The van der Waals surface area contributed by atoms with Gasteiger partial charge in [-0.3, -0.25) is 106 Å². The van der Waals surface area contributed by atoms with E-state index < -0.39 is 178 Å². The van der Waals surface area contributed by atoms with E-state index in [-0.39, 0.29) is 148 Å². The molecule has 1 aromatic carbocycles. The first-order chi connectivity index (χ1) is 50.2. The van der Waals surface area contributed by atoms with Gasteiger partial charge in [0.1, 0.15) is 30.2 Å². The fraction of sp³-hybridized carbons (Fsp3) is 0.662. The maximum absolute atomic E-state index is 14.3. The lowest BCUT2D eigenvalue weighted by Gasteiger charge is -2.35. The minimum absolute atomic E-state index is 0.0147. The van der Waals surface area contributed by atoms with E-state index in [0.29, 0.717) is 24.0 Å². The molecule has 7 atom stereocenters. The first kappa shape index (κ1) is 89.1. The number of imidazole rings is 1. The Morgan fingerprint density at radius 1 is 0.443 bits per heavy atom. The number of carbonyl (C=O) groups is 14. The maximum Gasteiger partial charge on any atom is 0.320 e. The number of rotatable bonds is 41. The molecular weight excluding hydrogens is 1390 g/mol. The quantitative estimate of drug-likeness (QED) is 0.0309. The molecule has 0 bridgehead atoms. The fourth-order valence-corrected chi connectivity index (χ4v) is 12.2. The molecular formula is C68H108N16O22. The number of carbonyl (C=O) groups excluding carboxylic acids is 6. The van der Waals surface area contributed by atoms with Gasteiger partial charge in [-0.25, -0.2) is 4.98 Å². The number of benzene rings is 1. The minimum atomic E-state index is -1.57. The molecule has 0 aliphatic carbocycles. The number of aliphatic carboxylic acids is 8. The highest BCUT2D eigenvalue weighted by Gasteiger charge is 2.35. The Bertz CT molecular complexity index is 3160. The Kier molecular flexibility index (Phi) is 39.2. The van der Waals surface area contributed by atoms with Crippen LogP contribution in [-0.4, -0.2) is 354 Å². The molecule has 0 saturated carbocycles. The third-order valence-electron chi connectivity index (χ3n) is 18.4. The van der Waals surface area contributed by atoms with Gasteiger partial charge in [-0.2, -0.15) is 0 Å². The lowest BCUT2D eigenvalue weighted by atomic mass is 9.95. The lowest BCUT2D eigenvalue weighted by molar-refractivity contribution is -0.145. The number of nitrogens with zero attached hydrogens (tertiary/aromatic N) is 9. The fourth-order valence-electron chi connectivity index (χ4n) is 12.2. The largest absolute Gasteiger partial charge is 0.480 e. The van der Waals surface area contributed by atoms with Gasteiger partial charge < -0.3 is 77.7 Å². The topological polar surface area (TPSA) is 528 Å². The van der Waals surface area contributed by atoms with Crippen molar-refractivity contribution in [1.29, 1.82) is 0 Å². The van der Waals surface area contributed by atoms with Crippen molar-refractivity contribution in [1.82, 2.24) is 81.1 Å². The van der Waals surface area contributed by atoms with E-state index in [4.69, 9.17) is 0 Å². The second kappa shape index (κ2) is 46.6. The predicted octanol–water partition coefficient (Wildman–Crippen LogP) is -3.40. The zero-order chi connectivity index (χ0) is 78.6.